The van der Waals surface area contributed by atoms with Crippen LogP contribution in [0.2, 0.25) is 0 Å². The van der Waals surface area contributed by atoms with Crippen molar-refractivity contribution in [2.45, 2.75) is 12.7 Å². The Kier molecular flexibility index (Phi) is 5.13. The molecule has 8 nitrogen and oxygen atoms in total. The topological polar surface area (TPSA) is 117 Å². The lowest BCUT2D eigenvalue weighted by molar-refractivity contribution is -0.174. The second kappa shape index (κ2) is 6.43. The van der Waals surface area contributed by atoms with Gasteiger partial charge in [-0.25, -0.2) is 9.59 Å². The number of halogens is 3. The summed E-state index contributed by atoms with van der Waals surface area (Å²) in [6.07, 6.45) is -4.49. The predicted octanol–water partition coefficient (Wildman–Crippen LogP) is 0.529. The molecule has 0 saturated heterocycles. The van der Waals surface area contributed by atoms with Crippen molar-refractivity contribution in [1.29, 1.82) is 0 Å². The highest BCUT2D eigenvalue weighted by atomic mass is 19.4. The zero-order valence-corrected chi connectivity index (χ0v) is 10.8. The van der Waals surface area contributed by atoms with Gasteiger partial charge in [0, 0.05) is 0 Å². The summed E-state index contributed by atoms with van der Waals surface area (Å²) in [4.78, 5) is 22.4. The van der Waals surface area contributed by atoms with Crippen LogP contribution in [0.5, 0.6) is 0 Å². The molecule has 3 N–H and O–H groups in total. The molecule has 0 bridgehead atoms. The Morgan fingerprint density at radius 1 is 1.43 bits per heavy atom. The number of anilines is 1. The number of carboxylic acids is 1. The molecule has 1 aromatic rings. The number of carboxylic acid groups (broad SMARTS) is 1. The lowest BCUT2D eigenvalue weighted by Crippen LogP contribution is -2.20. The molecule has 0 aromatic carbocycles. The average Bonchev–Trinajstić information content (AvgIpc) is 2.69. The fourth-order valence-electron chi connectivity index (χ4n) is 1.45. The standard InChI is InChI=1S/C10H12F3N3O5/c1-20-9(19)6-5(14)7(8(17)18)16(15-6)2-3-21-4-10(11,12)13/h2-4,14H2,1H3,(H,17,18). The summed E-state index contributed by atoms with van der Waals surface area (Å²) < 4.78 is 45.1. The van der Waals surface area contributed by atoms with Crippen LogP contribution in [0.1, 0.15) is 21.0 Å². The predicted molar refractivity (Wildman–Crippen MR) is 61.8 cm³/mol. The number of methoxy groups -OCH3 is 1. The van der Waals surface area contributed by atoms with Crippen molar-refractivity contribution in [3.8, 4) is 0 Å². The Labute approximate surface area is 116 Å². The zero-order valence-electron chi connectivity index (χ0n) is 10.8. The molecule has 0 spiro atoms. The van der Waals surface area contributed by atoms with E-state index in [1.807, 2.05) is 0 Å². The summed E-state index contributed by atoms with van der Waals surface area (Å²) in [5.41, 5.74) is 4.10. The van der Waals surface area contributed by atoms with Gasteiger partial charge < -0.3 is 20.3 Å². The number of hydrogen-bond acceptors (Lipinski definition) is 6. The van der Waals surface area contributed by atoms with Gasteiger partial charge in [-0.05, 0) is 0 Å². The highest BCUT2D eigenvalue weighted by Crippen LogP contribution is 2.19. The highest BCUT2D eigenvalue weighted by molar-refractivity contribution is 6.00. The molecule has 0 unspecified atom stereocenters. The molecule has 0 fully saturated rings. The molecule has 118 valence electrons. The number of aromatic carboxylic acids is 1. The van der Waals surface area contributed by atoms with Crippen molar-refractivity contribution >= 4 is 17.6 Å². The SMILES string of the molecule is COC(=O)c1nn(CCOCC(F)(F)F)c(C(=O)O)c1N. The Hall–Kier alpha value is -2.30. The summed E-state index contributed by atoms with van der Waals surface area (Å²) in [6, 6.07) is 0. The van der Waals surface area contributed by atoms with Crippen LogP contribution in [0.25, 0.3) is 0 Å². The van der Waals surface area contributed by atoms with Gasteiger partial charge in [0.05, 0.1) is 20.3 Å². The second-order valence-corrected chi connectivity index (χ2v) is 3.80. The quantitative estimate of drug-likeness (QED) is 0.581. The number of alkyl halides is 3. The lowest BCUT2D eigenvalue weighted by Gasteiger charge is -2.08. The third-order valence-corrected chi connectivity index (χ3v) is 2.28. The number of aromatic nitrogens is 2. The maximum atomic E-state index is 11.9. The fraction of sp³-hybridized carbons (Fsp3) is 0.500. The van der Waals surface area contributed by atoms with E-state index in [2.05, 4.69) is 14.6 Å². The molecular formula is C10H12F3N3O5. The molecule has 11 heteroatoms. The Morgan fingerprint density at radius 2 is 2.05 bits per heavy atom. The molecule has 1 heterocycles. The molecule has 0 amide bonds. The maximum Gasteiger partial charge on any atom is 0.411 e. The largest absolute Gasteiger partial charge is 0.476 e. The van der Waals surface area contributed by atoms with E-state index in [1.54, 1.807) is 0 Å². The number of nitrogens with two attached hydrogens (primary N) is 1. The monoisotopic (exact) mass is 311 g/mol. The van der Waals surface area contributed by atoms with Crippen molar-refractivity contribution in [3.05, 3.63) is 11.4 Å². The molecule has 0 aliphatic heterocycles. The Balaban J connectivity index is 2.86. The molecule has 1 aromatic heterocycles. The lowest BCUT2D eigenvalue weighted by atomic mass is 10.3. The van der Waals surface area contributed by atoms with E-state index in [0.29, 0.717) is 0 Å². The van der Waals surface area contributed by atoms with Gasteiger partial charge in [-0.1, -0.05) is 0 Å². The minimum absolute atomic E-state index is 0.321. The molecule has 0 aliphatic rings. The smallest absolute Gasteiger partial charge is 0.411 e. The van der Waals surface area contributed by atoms with E-state index >= 15 is 0 Å². The first-order chi connectivity index (χ1) is 9.67. The van der Waals surface area contributed by atoms with Crippen LogP contribution in [0, 0.1) is 0 Å². The summed E-state index contributed by atoms with van der Waals surface area (Å²) in [5, 5.41) is 12.6. The van der Waals surface area contributed by atoms with E-state index in [4.69, 9.17) is 10.8 Å². The van der Waals surface area contributed by atoms with Crippen LogP contribution >= 0.6 is 0 Å². The normalized spacial score (nSPS) is 11.4. The number of carbonyl (C=O) groups excluding carboxylic acids is 1. The van der Waals surface area contributed by atoms with Gasteiger partial charge in [-0.3, -0.25) is 4.68 Å². The van der Waals surface area contributed by atoms with Gasteiger partial charge in [0.1, 0.15) is 12.3 Å². The van der Waals surface area contributed by atoms with Gasteiger partial charge in [0.2, 0.25) is 0 Å². The van der Waals surface area contributed by atoms with Gasteiger partial charge >= 0.3 is 18.1 Å². The van der Waals surface area contributed by atoms with E-state index in [9.17, 15) is 22.8 Å². The first-order valence-corrected chi connectivity index (χ1v) is 5.49. The number of hydrogen-bond donors (Lipinski definition) is 2. The minimum atomic E-state index is -4.49. The molecule has 0 atom stereocenters. The third-order valence-electron chi connectivity index (χ3n) is 2.28. The van der Waals surface area contributed by atoms with Crippen LogP contribution in [0.4, 0.5) is 18.9 Å². The van der Waals surface area contributed by atoms with Crippen molar-refractivity contribution in [3.63, 3.8) is 0 Å². The van der Waals surface area contributed by atoms with Gasteiger partial charge in [-0.2, -0.15) is 18.3 Å². The Morgan fingerprint density at radius 3 is 2.52 bits per heavy atom. The highest BCUT2D eigenvalue weighted by Gasteiger charge is 2.28. The average molecular weight is 311 g/mol. The molecule has 0 saturated carbocycles. The molecular weight excluding hydrogens is 299 g/mol. The van der Waals surface area contributed by atoms with E-state index in [-0.39, 0.29) is 6.54 Å². The summed E-state index contributed by atoms with van der Waals surface area (Å²) >= 11 is 0. The van der Waals surface area contributed by atoms with Crippen LogP contribution in [0.15, 0.2) is 0 Å². The number of carbonyl (C=O) groups is 2. The number of ether oxygens (including phenoxy) is 2. The number of nitrogens with zero attached hydrogens (tertiary/aromatic N) is 2. The number of rotatable bonds is 6. The van der Waals surface area contributed by atoms with Crippen LogP contribution < -0.4 is 5.73 Å². The van der Waals surface area contributed by atoms with Crippen LogP contribution in [0.3, 0.4) is 0 Å². The van der Waals surface area contributed by atoms with E-state index < -0.39 is 48.4 Å². The van der Waals surface area contributed by atoms with E-state index in [1.165, 1.54) is 0 Å². The fourth-order valence-corrected chi connectivity index (χ4v) is 1.45. The van der Waals surface area contributed by atoms with Crippen LogP contribution in [-0.2, 0) is 16.0 Å². The van der Waals surface area contributed by atoms with E-state index in [0.717, 1.165) is 11.8 Å². The van der Waals surface area contributed by atoms with Gasteiger partial charge in [0.25, 0.3) is 0 Å². The van der Waals surface area contributed by atoms with Crippen molar-refractivity contribution < 1.29 is 37.3 Å². The number of esters is 1. The van der Waals surface area contributed by atoms with Crippen molar-refractivity contribution in [1.82, 2.24) is 9.78 Å². The third kappa shape index (κ3) is 4.34. The van der Waals surface area contributed by atoms with Crippen LogP contribution in [-0.4, -0.2) is 53.3 Å². The second-order valence-electron chi connectivity index (χ2n) is 3.80. The van der Waals surface area contributed by atoms with Gasteiger partial charge in [0.15, 0.2) is 11.4 Å². The van der Waals surface area contributed by atoms with Crippen molar-refractivity contribution in [2.24, 2.45) is 0 Å². The first-order valence-electron chi connectivity index (χ1n) is 5.49. The summed E-state index contributed by atoms with van der Waals surface area (Å²) in [7, 11) is 1.05. The maximum absolute atomic E-state index is 11.9. The van der Waals surface area contributed by atoms with Crippen molar-refractivity contribution in [2.75, 3.05) is 26.1 Å². The minimum Gasteiger partial charge on any atom is -0.476 e. The molecule has 1 rings (SSSR count). The first kappa shape index (κ1) is 16.8. The molecule has 0 radical (unpaired) electrons. The molecule has 0 aliphatic carbocycles. The summed E-state index contributed by atoms with van der Waals surface area (Å²) in [6.45, 7) is -2.25. The summed E-state index contributed by atoms with van der Waals surface area (Å²) in [5.74, 6) is -2.43. The molecule has 21 heavy (non-hydrogen) atoms. The zero-order chi connectivity index (χ0) is 16.2. The Bertz CT molecular complexity index is 541. The number of nitrogen functional groups attached to an aromatic ring is 1. The van der Waals surface area contributed by atoms with Gasteiger partial charge in [-0.15, -0.1) is 0 Å².